The summed E-state index contributed by atoms with van der Waals surface area (Å²) in [6.07, 6.45) is 1.60. The summed E-state index contributed by atoms with van der Waals surface area (Å²) in [6.45, 7) is 6.20. The van der Waals surface area contributed by atoms with Crippen LogP contribution >= 0.6 is 11.3 Å². The molecule has 3 aromatic heterocycles. The third kappa shape index (κ3) is 3.69. The molecule has 0 saturated carbocycles. The van der Waals surface area contributed by atoms with Crippen molar-refractivity contribution in [3.8, 4) is 11.4 Å². The molecule has 3 aliphatic rings. The number of benzene rings is 1. The fourth-order valence-electron chi connectivity index (χ4n) is 5.39. The van der Waals surface area contributed by atoms with Gasteiger partial charge in [0, 0.05) is 61.2 Å². The summed E-state index contributed by atoms with van der Waals surface area (Å²) in [4.78, 5) is 32.4. The number of nitrogens with one attached hydrogen (secondary N) is 1. The van der Waals surface area contributed by atoms with E-state index < -0.39 is 0 Å². The number of H-pyrrole nitrogens is 1. The van der Waals surface area contributed by atoms with Crippen LogP contribution in [-0.2, 0) is 16.0 Å². The number of anilines is 1. The maximum absolute atomic E-state index is 15.1. The molecule has 1 aromatic carbocycles. The largest absolute Gasteiger partial charge is 0.447 e. The van der Waals surface area contributed by atoms with Crippen molar-refractivity contribution in [3.63, 3.8) is 0 Å². The molecule has 9 nitrogen and oxygen atoms in total. The Morgan fingerprint density at radius 3 is 2.92 bits per heavy atom. The minimum atomic E-state index is -0.337. The number of carbonyl (C=O) groups excluding carboxylic acids is 1. The van der Waals surface area contributed by atoms with E-state index >= 15 is 4.39 Å². The lowest BCUT2D eigenvalue weighted by atomic mass is 10.1. The van der Waals surface area contributed by atoms with Crippen molar-refractivity contribution in [2.45, 2.75) is 12.6 Å². The van der Waals surface area contributed by atoms with Gasteiger partial charge in [-0.05, 0) is 24.3 Å². The summed E-state index contributed by atoms with van der Waals surface area (Å²) in [5.74, 6) is 0.892. The van der Waals surface area contributed by atoms with Crippen molar-refractivity contribution in [3.05, 3.63) is 41.2 Å². The number of aromatic nitrogens is 3. The first kappa shape index (κ1) is 22.0. The number of halogens is 1. The quantitative estimate of drug-likeness (QED) is 0.452. The van der Waals surface area contributed by atoms with Gasteiger partial charge in [-0.1, -0.05) is 0 Å². The van der Waals surface area contributed by atoms with Crippen LogP contribution < -0.4 is 4.90 Å². The second kappa shape index (κ2) is 8.68. The van der Waals surface area contributed by atoms with Gasteiger partial charge in [-0.25, -0.2) is 19.2 Å². The summed E-state index contributed by atoms with van der Waals surface area (Å²) in [7, 11) is 0. The number of hydrogen-bond donors (Lipinski definition) is 1. The van der Waals surface area contributed by atoms with Crippen molar-refractivity contribution >= 4 is 44.4 Å². The molecule has 0 aliphatic carbocycles. The molecule has 1 N–H and O–H groups in total. The molecule has 3 saturated heterocycles. The highest BCUT2D eigenvalue weighted by Crippen LogP contribution is 2.37. The molecule has 11 heteroatoms. The number of thiophene rings is 1. The first-order valence-electron chi connectivity index (χ1n) is 12.2. The molecule has 0 bridgehead atoms. The van der Waals surface area contributed by atoms with E-state index in [4.69, 9.17) is 19.4 Å². The lowest BCUT2D eigenvalue weighted by Gasteiger charge is -2.35. The predicted octanol–water partition coefficient (Wildman–Crippen LogP) is 3.45. The average molecular weight is 509 g/mol. The highest BCUT2D eigenvalue weighted by molar-refractivity contribution is 7.19. The number of morpholine rings is 1. The molecule has 6 heterocycles. The highest BCUT2D eigenvalue weighted by atomic mass is 32.1. The fourth-order valence-corrected chi connectivity index (χ4v) is 6.55. The normalized spacial score (nSPS) is 20.9. The Bertz CT molecular complexity index is 1470. The minimum Gasteiger partial charge on any atom is -0.447 e. The second-order valence-electron chi connectivity index (χ2n) is 9.42. The zero-order valence-corrected chi connectivity index (χ0v) is 20.4. The van der Waals surface area contributed by atoms with E-state index in [1.807, 2.05) is 11.0 Å². The maximum Gasteiger partial charge on any atom is 0.410 e. The fraction of sp³-hybridized carbons (Fsp3) is 0.400. The Kier molecular flexibility index (Phi) is 5.30. The molecule has 3 fully saturated rings. The molecular formula is C25H25FN6O3S. The van der Waals surface area contributed by atoms with E-state index in [1.54, 1.807) is 23.6 Å². The number of amides is 1. The number of aromatic amines is 1. The number of nitrogens with zero attached hydrogens (tertiary/aromatic N) is 5. The summed E-state index contributed by atoms with van der Waals surface area (Å²) >= 11 is 1.69. The van der Waals surface area contributed by atoms with Gasteiger partial charge in [-0.3, -0.25) is 9.80 Å². The van der Waals surface area contributed by atoms with Crippen molar-refractivity contribution < 1.29 is 18.7 Å². The molecule has 0 radical (unpaired) electrons. The summed E-state index contributed by atoms with van der Waals surface area (Å²) in [5, 5.41) is 0.768. The number of piperazine rings is 1. The van der Waals surface area contributed by atoms with Crippen LogP contribution in [0.25, 0.3) is 32.5 Å². The molecule has 4 aromatic rings. The van der Waals surface area contributed by atoms with Crippen LogP contribution in [0.5, 0.6) is 0 Å². The monoisotopic (exact) mass is 508 g/mol. The SMILES string of the molecule is O=C1OC[C@H]2CN(Cc3cc4nc(-c5c(F)ccc6[nH]ccc56)nc(N5CCOCC5)c4s3)CCN12. The Morgan fingerprint density at radius 1 is 1.14 bits per heavy atom. The topological polar surface area (TPSA) is 86.8 Å². The number of hydrogen-bond acceptors (Lipinski definition) is 8. The standard InChI is InChI=1S/C25H25FN6O3S/c26-18-1-2-19-17(3-4-27-19)21(18)23-28-20-11-16(13-30-5-6-32-15(12-30)14-35-25(32)33)36-22(20)24(29-23)31-7-9-34-10-8-31/h1-4,11,15,27H,5-10,12-14H2/t15-/m1/s1. The number of fused-ring (bicyclic) bond motifs is 3. The number of rotatable bonds is 4. The van der Waals surface area contributed by atoms with Crippen LogP contribution in [0.2, 0.25) is 0 Å². The average Bonchev–Trinajstić information content (AvgIpc) is 3.62. The zero-order chi connectivity index (χ0) is 24.2. The first-order chi connectivity index (χ1) is 17.6. The molecule has 0 unspecified atom stereocenters. The second-order valence-corrected chi connectivity index (χ2v) is 10.6. The minimum absolute atomic E-state index is 0.112. The van der Waals surface area contributed by atoms with Crippen molar-refractivity contribution in [1.82, 2.24) is 24.8 Å². The highest BCUT2D eigenvalue weighted by Gasteiger charge is 2.37. The molecule has 0 spiro atoms. The van der Waals surface area contributed by atoms with Gasteiger partial charge in [0.1, 0.15) is 12.4 Å². The van der Waals surface area contributed by atoms with Gasteiger partial charge in [0.25, 0.3) is 0 Å². The van der Waals surface area contributed by atoms with Gasteiger partial charge in [0.15, 0.2) is 11.6 Å². The van der Waals surface area contributed by atoms with Gasteiger partial charge in [-0.15, -0.1) is 11.3 Å². The molecule has 1 amide bonds. The number of carbonyl (C=O) groups is 1. The molecule has 7 rings (SSSR count). The Labute approximate surface area is 210 Å². The predicted molar refractivity (Wildman–Crippen MR) is 135 cm³/mol. The zero-order valence-electron chi connectivity index (χ0n) is 19.6. The number of ether oxygens (including phenoxy) is 2. The number of cyclic esters (lactones) is 1. The van der Waals surface area contributed by atoms with E-state index in [2.05, 4.69) is 20.9 Å². The smallest absolute Gasteiger partial charge is 0.410 e. The van der Waals surface area contributed by atoms with E-state index in [9.17, 15) is 4.79 Å². The third-order valence-corrected chi connectivity index (χ3v) is 8.31. The van der Waals surface area contributed by atoms with E-state index in [0.717, 1.165) is 59.7 Å². The van der Waals surface area contributed by atoms with E-state index in [-0.39, 0.29) is 18.0 Å². The van der Waals surface area contributed by atoms with Gasteiger partial charge in [0.2, 0.25) is 0 Å². The van der Waals surface area contributed by atoms with Crippen LogP contribution in [0.4, 0.5) is 15.0 Å². The van der Waals surface area contributed by atoms with Crippen molar-refractivity contribution in [2.75, 3.05) is 57.4 Å². The molecule has 3 aliphatic heterocycles. The van der Waals surface area contributed by atoms with Crippen LogP contribution in [0, 0.1) is 5.82 Å². The van der Waals surface area contributed by atoms with E-state index in [0.29, 0.717) is 37.8 Å². The van der Waals surface area contributed by atoms with Crippen molar-refractivity contribution in [1.29, 1.82) is 0 Å². The lowest BCUT2D eigenvalue weighted by Crippen LogP contribution is -2.51. The molecule has 36 heavy (non-hydrogen) atoms. The van der Waals surface area contributed by atoms with Gasteiger partial charge in [-0.2, -0.15) is 0 Å². The van der Waals surface area contributed by atoms with E-state index in [1.165, 1.54) is 10.9 Å². The van der Waals surface area contributed by atoms with Crippen LogP contribution in [0.3, 0.4) is 0 Å². The van der Waals surface area contributed by atoms with Crippen LogP contribution in [-0.4, -0.2) is 89.4 Å². The molecule has 186 valence electrons. The summed E-state index contributed by atoms with van der Waals surface area (Å²) < 4.78 is 26.9. The van der Waals surface area contributed by atoms with Gasteiger partial charge < -0.3 is 19.4 Å². The molecular weight excluding hydrogens is 483 g/mol. The van der Waals surface area contributed by atoms with Crippen LogP contribution in [0.15, 0.2) is 30.5 Å². The van der Waals surface area contributed by atoms with Gasteiger partial charge >= 0.3 is 6.09 Å². The van der Waals surface area contributed by atoms with Crippen LogP contribution in [0.1, 0.15) is 4.88 Å². The summed E-state index contributed by atoms with van der Waals surface area (Å²) in [6, 6.07) is 7.28. The lowest BCUT2D eigenvalue weighted by molar-refractivity contribution is 0.116. The first-order valence-corrected chi connectivity index (χ1v) is 13.0. The Morgan fingerprint density at radius 2 is 2.03 bits per heavy atom. The Balaban J connectivity index is 1.28. The van der Waals surface area contributed by atoms with Crippen molar-refractivity contribution in [2.24, 2.45) is 0 Å². The van der Waals surface area contributed by atoms with Gasteiger partial charge in [0.05, 0.1) is 35.0 Å². The third-order valence-electron chi connectivity index (χ3n) is 7.20. The summed E-state index contributed by atoms with van der Waals surface area (Å²) in [5.41, 5.74) is 2.09. The Hall–Kier alpha value is -3.28. The molecule has 1 atom stereocenters. The maximum atomic E-state index is 15.1.